The van der Waals surface area contributed by atoms with Gasteiger partial charge in [0.05, 0.1) is 43.2 Å². The highest BCUT2D eigenvalue weighted by atomic mass is 16.7. The van der Waals surface area contributed by atoms with E-state index in [2.05, 4.69) is 49.2 Å². The lowest BCUT2D eigenvalue weighted by Gasteiger charge is -2.38. The first-order valence-corrected chi connectivity index (χ1v) is 14.0. The Morgan fingerprint density at radius 1 is 1.13 bits per heavy atom. The van der Waals surface area contributed by atoms with Gasteiger partial charge in [-0.05, 0) is 40.8 Å². The van der Waals surface area contributed by atoms with E-state index in [9.17, 15) is 9.59 Å². The smallest absolute Gasteiger partial charge is 0.410 e. The van der Waals surface area contributed by atoms with Crippen LogP contribution in [-0.4, -0.2) is 111 Å². The molecule has 10 heteroatoms. The zero-order chi connectivity index (χ0) is 28.0. The first kappa shape index (κ1) is 29.7. The Bertz CT molecular complexity index is 937. The molecule has 2 amide bonds. The number of nitrogens with zero attached hydrogens (tertiary/aromatic N) is 2. The molecular formula is C29H45N3O7. The lowest BCUT2D eigenvalue weighted by atomic mass is 9.85. The van der Waals surface area contributed by atoms with E-state index in [4.69, 9.17) is 23.7 Å². The molecule has 0 saturated carbocycles. The Morgan fingerprint density at radius 3 is 2.49 bits per heavy atom. The SMILES string of the molecule is CC(/C=C/C1CC2(CO2)CC(C)(C)O1)=C\CC1OCC(NC(=O)/C=C\C(C)OC(=O)N2CCN(C)CC2)CO1. The van der Waals surface area contributed by atoms with E-state index in [-0.39, 0.29) is 41.6 Å². The summed E-state index contributed by atoms with van der Waals surface area (Å²) in [5, 5.41) is 2.87. The van der Waals surface area contributed by atoms with Gasteiger partial charge in [0.15, 0.2) is 6.29 Å². The minimum atomic E-state index is -0.505. The molecule has 10 nitrogen and oxygen atoms in total. The van der Waals surface area contributed by atoms with Gasteiger partial charge in [0.2, 0.25) is 5.91 Å². The van der Waals surface area contributed by atoms with Gasteiger partial charge in [-0.2, -0.15) is 0 Å². The summed E-state index contributed by atoms with van der Waals surface area (Å²) >= 11 is 0. The molecule has 1 spiro atoms. The van der Waals surface area contributed by atoms with Crippen molar-refractivity contribution in [3.8, 4) is 0 Å². The van der Waals surface area contributed by atoms with Crippen LogP contribution in [-0.2, 0) is 28.5 Å². The summed E-state index contributed by atoms with van der Waals surface area (Å²) in [7, 11) is 2.03. The zero-order valence-corrected chi connectivity index (χ0v) is 24.0. The van der Waals surface area contributed by atoms with Crippen LogP contribution in [0.1, 0.15) is 47.0 Å². The van der Waals surface area contributed by atoms with Crippen LogP contribution in [0.4, 0.5) is 4.79 Å². The van der Waals surface area contributed by atoms with Gasteiger partial charge in [0.1, 0.15) is 6.10 Å². The van der Waals surface area contributed by atoms with Crippen LogP contribution in [0, 0.1) is 0 Å². The van der Waals surface area contributed by atoms with E-state index in [0.29, 0.717) is 32.7 Å². The molecule has 0 radical (unpaired) electrons. The van der Waals surface area contributed by atoms with Crippen LogP contribution in [0.5, 0.6) is 0 Å². The molecule has 0 aromatic rings. The van der Waals surface area contributed by atoms with Gasteiger partial charge in [-0.25, -0.2) is 4.79 Å². The maximum absolute atomic E-state index is 12.3. The predicted octanol–water partition coefficient (Wildman–Crippen LogP) is 2.79. The molecule has 0 aromatic carbocycles. The highest BCUT2D eigenvalue weighted by molar-refractivity contribution is 5.87. The van der Waals surface area contributed by atoms with Gasteiger partial charge < -0.3 is 38.8 Å². The summed E-state index contributed by atoms with van der Waals surface area (Å²) in [5.74, 6) is -0.277. The maximum atomic E-state index is 12.3. The second-order valence-electron chi connectivity index (χ2n) is 11.9. The third kappa shape index (κ3) is 9.42. The number of piperazine rings is 1. The Balaban J connectivity index is 1.11. The minimum Gasteiger partial charge on any atom is -0.442 e. The van der Waals surface area contributed by atoms with Crippen molar-refractivity contribution in [2.24, 2.45) is 0 Å². The van der Waals surface area contributed by atoms with Gasteiger partial charge in [0.25, 0.3) is 0 Å². The second-order valence-corrected chi connectivity index (χ2v) is 11.9. The third-order valence-corrected chi connectivity index (χ3v) is 7.43. The van der Waals surface area contributed by atoms with Crippen molar-refractivity contribution >= 4 is 12.0 Å². The molecule has 0 bridgehead atoms. The number of carbonyl (C=O) groups excluding carboxylic acids is 2. The van der Waals surface area contributed by atoms with Crippen molar-refractivity contribution in [1.82, 2.24) is 15.1 Å². The minimum absolute atomic E-state index is 0.00948. The van der Waals surface area contributed by atoms with Crippen molar-refractivity contribution < 1.29 is 33.3 Å². The number of amides is 2. The van der Waals surface area contributed by atoms with E-state index in [1.54, 1.807) is 17.9 Å². The molecule has 1 N–H and O–H groups in total. The Hall–Kier alpha value is -2.24. The number of ether oxygens (including phenoxy) is 5. The van der Waals surface area contributed by atoms with E-state index in [1.165, 1.54) is 6.08 Å². The summed E-state index contributed by atoms with van der Waals surface area (Å²) in [5.41, 5.74) is 0.945. The van der Waals surface area contributed by atoms with E-state index < -0.39 is 6.10 Å². The predicted molar refractivity (Wildman–Crippen MR) is 146 cm³/mol. The normalized spacial score (nSPS) is 32.5. The molecule has 0 aromatic heterocycles. The van der Waals surface area contributed by atoms with Crippen molar-refractivity contribution in [2.45, 2.75) is 82.7 Å². The van der Waals surface area contributed by atoms with E-state index in [1.807, 2.05) is 7.05 Å². The maximum Gasteiger partial charge on any atom is 0.410 e. The van der Waals surface area contributed by atoms with E-state index >= 15 is 0 Å². The molecule has 3 atom stereocenters. The van der Waals surface area contributed by atoms with Crippen LogP contribution in [0.15, 0.2) is 36.0 Å². The summed E-state index contributed by atoms with van der Waals surface area (Å²) < 4.78 is 29.0. The lowest BCUT2D eigenvalue weighted by molar-refractivity contribution is -0.187. The highest BCUT2D eigenvalue weighted by Crippen LogP contribution is 2.46. The molecule has 3 unspecified atom stereocenters. The number of allylic oxidation sites excluding steroid dienone is 2. The third-order valence-electron chi connectivity index (χ3n) is 7.43. The summed E-state index contributed by atoms with van der Waals surface area (Å²) in [6, 6.07) is -0.240. The summed E-state index contributed by atoms with van der Waals surface area (Å²) in [6.07, 6.45) is 10.6. The number of epoxide rings is 1. The van der Waals surface area contributed by atoms with Gasteiger partial charge >= 0.3 is 6.09 Å². The molecule has 39 heavy (non-hydrogen) atoms. The number of carbonyl (C=O) groups is 2. The molecular weight excluding hydrogens is 502 g/mol. The average molecular weight is 548 g/mol. The Kier molecular flexibility index (Phi) is 9.87. The molecule has 4 aliphatic rings. The summed E-state index contributed by atoms with van der Waals surface area (Å²) in [4.78, 5) is 28.4. The van der Waals surface area contributed by atoms with Crippen LogP contribution in [0.3, 0.4) is 0 Å². The van der Waals surface area contributed by atoms with Gasteiger partial charge in [-0.1, -0.05) is 23.8 Å². The molecule has 218 valence electrons. The van der Waals surface area contributed by atoms with Gasteiger partial charge in [-0.15, -0.1) is 0 Å². The molecule has 4 rings (SSSR count). The number of nitrogens with one attached hydrogen (secondary N) is 1. The largest absolute Gasteiger partial charge is 0.442 e. The molecule has 0 aliphatic carbocycles. The Labute approximate surface area is 232 Å². The molecule has 4 aliphatic heterocycles. The van der Waals surface area contributed by atoms with Crippen LogP contribution >= 0.6 is 0 Å². The first-order valence-electron chi connectivity index (χ1n) is 14.0. The van der Waals surface area contributed by atoms with Crippen molar-refractivity contribution in [3.63, 3.8) is 0 Å². The standard InChI is InChI=1S/C29H45N3O7/c1-21(6-9-24-16-29(20-37-29)19-28(3,4)39-24)7-11-26-35-17-23(18-36-26)30-25(33)10-8-22(2)38-27(34)32-14-12-31(5)13-15-32/h6-10,22-24,26H,11-20H2,1-5H3,(H,30,33)/b9-6+,10-8-,21-7+. The number of rotatable bonds is 8. The fourth-order valence-corrected chi connectivity index (χ4v) is 5.24. The van der Waals surface area contributed by atoms with Crippen molar-refractivity contribution in [2.75, 3.05) is 53.0 Å². The zero-order valence-electron chi connectivity index (χ0n) is 24.0. The van der Waals surface area contributed by atoms with Crippen LogP contribution < -0.4 is 5.32 Å². The number of likely N-dealkylation sites (N-methyl/N-ethyl adjacent to an activating group) is 1. The topological polar surface area (TPSA) is 102 Å². The Morgan fingerprint density at radius 2 is 1.82 bits per heavy atom. The molecule has 4 fully saturated rings. The average Bonchev–Trinajstić information content (AvgIpc) is 3.62. The second kappa shape index (κ2) is 13.0. The number of hydrogen-bond acceptors (Lipinski definition) is 8. The van der Waals surface area contributed by atoms with Crippen LogP contribution in [0.25, 0.3) is 0 Å². The van der Waals surface area contributed by atoms with Crippen LogP contribution in [0.2, 0.25) is 0 Å². The van der Waals surface area contributed by atoms with Gasteiger partial charge in [0, 0.05) is 51.5 Å². The highest BCUT2D eigenvalue weighted by Gasteiger charge is 2.53. The lowest BCUT2D eigenvalue weighted by Crippen LogP contribution is -2.47. The fraction of sp³-hybridized carbons (Fsp3) is 0.724. The van der Waals surface area contributed by atoms with Crippen molar-refractivity contribution in [1.29, 1.82) is 0 Å². The van der Waals surface area contributed by atoms with Gasteiger partial charge in [-0.3, -0.25) is 4.79 Å². The monoisotopic (exact) mass is 547 g/mol. The summed E-state index contributed by atoms with van der Waals surface area (Å²) in [6.45, 7) is 12.5. The van der Waals surface area contributed by atoms with Crippen molar-refractivity contribution in [3.05, 3.63) is 36.0 Å². The quantitative estimate of drug-likeness (QED) is 0.281. The first-order chi connectivity index (χ1) is 18.5. The fourth-order valence-electron chi connectivity index (χ4n) is 5.24. The van der Waals surface area contributed by atoms with E-state index in [0.717, 1.165) is 38.1 Å². The number of hydrogen-bond donors (Lipinski definition) is 1. The molecule has 4 heterocycles. The molecule has 4 saturated heterocycles.